The minimum atomic E-state index is -3.76. The van der Waals surface area contributed by atoms with Gasteiger partial charge in [0.1, 0.15) is 0 Å². The van der Waals surface area contributed by atoms with E-state index in [1.54, 1.807) is 5.38 Å². The number of ether oxygens (including phenoxy) is 1. The van der Waals surface area contributed by atoms with E-state index in [0.717, 1.165) is 11.3 Å². The predicted molar refractivity (Wildman–Crippen MR) is 100 cm³/mol. The van der Waals surface area contributed by atoms with Crippen molar-refractivity contribution in [2.45, 2.75) is 4.90 Å². The van der Waals surface area contributed by atoms with Gasteiger partial charge in [-0.25, -0.2) is 13.4 Å². The number of aromatic nitrogens is 1. The van der Waals surface area contributed by atoms with E-state index in [9.17, 15) is 18.0 Å². The molecule has 27 heavy (non-hydrogen) atoms. The van der Waals surface area contributed by atoms with Crippen molar-refractivity contribution in [1.29, 1.82) is 0 Å². The first-order valence-corrected chi connectivity index (χ1v) is 10.5. The Bertz CT molecular complexity index is 943. The first-order chi connectivity index (χ1) is 12.9. The third kappa shape index (κ3) is 4.62. The van der Waals surface area contributed by atoms with E-state index in [4.69, 9.17) is 16.3 Å². The van der Waals surface area contributed by atoms with Crippen LogP contribution in [0.15, 0.2) is 34.7 Å². The topological polar surface area (TPSA) is 118 Å². The lowest BCUT2D eigenvalue weighted by molar-refractivity contribution is -0.132. The molecule has 1 saturated heterocycles. The molecule has 0 saturated carbocycles. The van der Waals surface area contributed by atoms with Crippen LogP contribution in [-0.4, -0.2) is 55.8 Å². The van der Waals surface area contributed by atoms with Gasteiger partial charge in [-0.1, -0.05) is 11.6 Å². The Morgan fingerprint density at radius 2 is 1.89 bits per heavy atom. The number of carbonyl (C=O) groups is 2. The van der Waals surface area contributed by atoms with E-state index in [2.05, 4.69) is 15.6 Å². The highest BCUT2D eigenvalue weighted by Crippen LogP contribution is 2.27. The maximum Gasteiger partial charge on any atom is 0.315 e. The molecule has 0 unspecified atom stereocenters. The van der Waals surface area contributed by atoms with Gasteiger partial charge in [0.2, 0.25) is 10.0 Å². The van der Waals surface area contributed by atoms with Crippen LogP contribution in [0.5, 0.6) is 0 Å². The lowest BCUT2D eigenvalue weighted by atomic mass is 10.3. The Kier molecular flexibility index (Phi) is 6.07. The number of sulfonamides is 1. The van der Waals surface area contributed by atoms with Crippen molar-refractivity contribution >= 4 is 55.6 Å². The van der Waals surface area contributed by atoms with Crippen molar-refractivity contribution in [3.8, 4) is 0 Å². The SMILES string of the molecule is O=C(Nc1nccs1)C(=O)Nc1cc(S(=O)(=O)N2CCOCC2)ccc1Cl. The summed E-state index contributed by atoms with van der Waals surface area (Å²) in [4.78, 5) is 27.8. The summed E-state index contributed by atoms with van der Waals surface area (Å²) in [7, 11) is -3.76. The van der Waals surface area contributed by atoms with Crippen LogP contribution < -0.4 is 10.6 Å². The van der Waals surface area contributed by atoms with E-state index in [1.807, 2.05) is 0 Å². The standard InChI is InChI=1S/C15H15ClN4O5S2/c16-11-2-1-10(27(23,24)20-4-6-25-7-5-20)9-12(11)18-13(21)14(22)19-15-17-3-8-26-15/h1-3,8-9H,4-7H2,(H,18,21)(H,17,19,22). The predicted octanol–water partition coefficient (Wildman–Crippen LogP) is 1.39. The third-order valence-electron chi connectivity index (χ3n) is 3.65. The normalized spacial score (nSPS) is 15.3. The number of rotatable bonds is 4. The van der Waals surface area contributed by atoms with Gasteiger partial charge in [0.05, 0.1) is 28.8 Å². The van der Waals surface area contributed by atoms with Gasteiger partial charge >= 0.3 is 11.8 Å². The van der Waals surface area contributed by atoms with Gasteiger partial charge in [-0.3, -0.25) is 14.9 Å². The summed E-state index contributed by atoms with van der Waals surface area (Å²) in [6, 6.07) is 3.92. The number of amides is 2. The average Bonchev–Trinajstić information content (AvgIpc) is 3.17. The average molecular weight is 431 g/mol. The lowest BCUT2D eigenvalue weighted by Gasteiger charge is -2.26. The number of anilines is 2. The zero-order valence-corrected chi connectivity index (χ0v) is 16.2. The number of morpholine rings is 1. The molecule has 2 heterocycles. The van der Waals surface area contributed by atoms with Gasteiger partial charge in [0, 0.05) is 24.7 Å². The molecule has 1 aromatic heterocycles. The smallest absolute Gasteiger partial charge is 0.315 e. The number of thiazole rings is 1. The minimum absolute atomic E-state index is 0.0188. The van der Waals surface area contributed by atoms with Crippen molar-refractivity contribution in [2.24, 2.45) is 0 Å². The Labute approximate surface area is 164 Å². The van der Waals surface area contributed by atoms with E-state index in [1.165, 1.54) is 28.7 Å². The van der Waals surface area contributed by atoms with Crippen molar-refractivity contribution in [3.05, 3.63) is 34.8 Å². The summed E-state index contributed by atoms with van der Waals surface area (Å²) >= 11 is 7.19. The molecular formula is C15H15ClN4O5S2. The fraction of sp³-hybridized carbons (Fsp3) is 0.267. The van der Waals surface area contributed by atoms with Crippen molar-refractivity contribution in [2.75, 3.05) is 36.9 Å². The first-order valence-electron chi connectivity index (χ1n) is 7.77. The highest BCUT2D eigenvalue weighted by Gasteiger charge is 2.27. The van der Waals surface area contributed by atoms with Crippen LogP contribution in [0.1, 0.15) is 0 Å². The maximum absolute atomic E-state index is 12.7. The van der Waals surface area contributed by atoms with E-state index < -0.39 is 21.8 Å². The Morgan fingerprint density at radius 1 is 1.19 bits per heavy atom. The molecule has 0 bridgehead atoms. The molecule has 12 heteroatoms. The van der Waals surface area contributed by atoms with Crippen LogP contribution in [-0.2, 0) is 24.3 Å². The summed E-state index contributed by atoms with van der Waals surface area (Å²) in [6.07, 6.45) is 1.48. The number of carbonyl (C=O) groups excluding carboxylic acids is 2. The molecule has 0 radical (unpaired) electrons. The minimum Gasteiger partial charge on any atom is -0.379 e. The fourth-order valence-corrected chi connectivity index (χ4v) is 4.44. The van der Waals surface area contributed by atoms with Gasteiger partial charge in [0.15, 0.2) is 5.13 Å². The molecule has 2 amide bonds. The molecule has 1 aromatic carbocycles. The van der Waals surface area contributed by atoms with Crippen LogP contribution in [0.25, 0.3) is 0 Å². The monoisotopic (exact) mass is 430 g/mol. The summed E-state index contributed by atoms with van der Waals surface area (Å²) in [5.74, 6) is -1.93. The molecule has 1 aliphatic heterocycles. The Morgan fingerprint density at radius 3 is 2.56 bits per heavy atom. The molecule has 1 fully saturated rings. The number of benzene rings is 1. The summed E-state index contributed by atoms with van der Waals surface area (Å²) in [5, 5.41) is 6.67. The van der Waals surface area contributed by atoms with Gasteiger partial charge < -0.3 is 10.1 Å². The second-order valence-electron chi connectivity index (χ2n) is 5.40. The molecule has 144 valence electrons. The zero-order chi connectivity index (χ0) is 19.4. The molecule has 0 atom stereocenters. The van der Waals surface area contributed by atoms with Crippen molar-refractivity contribution in [1.82, 2.24) is 9.29 Å². The first kappa shape index (κ1) is 19.7. The van der Waals surface area contributed by atoms with Crippen LogP contribution in [0.3, 0.4) is 0 Å². The Balaban J connectivity index is 1.77. The molecule has 9 nitrogen and oxygen atoms in total. The highest BCUT2D eigenvalue weighted by atomic mass is 35.5. The number of hydrogen-bond acceptors (Lipinski definition) is 7. The van der Waals surface area contributed by atoms with Gasteiger partial charge in [-0.05, 0) is 18.2 Å². The fourth-order valence-electron chi connectivity index (χ4n) is 2.31. The summed E-state index contributed by atoms with van der Waals surface area (Å²) < 4.78 is 31.9. The maximum atomic E-state index is 12.7. The number of halogens is 1. The van der Waals surface area contributed by atoms with Gasteiger partial charge in [0.25, 0.3) is 0 Å². The number of nitrogens with one attached hydrogen (secondary N) is 2. The molecule has 2 aromatic rings. The summed E-state index contributed by atoms with van der Waals surface area (Å²) in [6.45, 7) is 1.10. The molecular weight excluding hydrogens is 416 g/mol. The third-order valence-corrected chi connectivity index (χ3v) is 6.57. The molecule has 0 aliphatic carbocycles. The van der Waals surface area contributed by atoms with Crippen LogP contribution in [0, 0.1) is 0 Å². The molecule has 3 rings (SSSR count). The van der Waals surface area contributed by atoms with Crippen LogP contribution >= 0.6 is 22.9 Å². The largest absolute Gasteiger partial charge is 0.379 e. The number of nitrogens with zero attached hydrogens (tertiary/aromatic N) is 2. The number of hydrogen-bond donors (Lipinski definition) is 2. The molecule has 1 aliphatic rings. The second-order valence-corrected chi connectivity index (χ2v) is 8.64. The quantitative estimate of drug-likeness (QED) is 0.708. The zero-order valence-electron chi connectivity index (χ0n) is 13.8. The summed E-state index contributed by atoms with van der Waals surface area (Å²) in [5.41, 5.74) is 0.0188. The van der Waals surface area contributed by atoms with Gasteiger partial charge in [-0.2, -0.15) is 4.31 Å². The second kappa shape index (κ2) is 8.31. The molecule has 2 N–H and O–H groups in total. The van der Waals surface area contributed by atoms with Crippen LogP contribution in [0.2, 0.25) is 5.02 Å². The van der Waals surface area contributed by atoms with E-state index >= 15 is 0 Å². The van der Waals surface area contributed by atoms with Crippen molar-refractivity contribution < 1.29 is 22.7 Å². The Hall–Kier alpha value is -2.05. The van der Waals surface area contributed by atoms with E-state index in [-0.39, 0.29) is 33.8 Å². The van der Waals surface area contributed by atoms with Crippen LogP contribution in [0.4, 0.5) is 10.8 Å². The van der Waals surface area contributed by atoms with Crippen molar-refractivity contribution in [3.63, 3.8) is 0 Å². The molecule has 0 spiro atoms. The lowest BCUT2D eigenvalue weighted by Crippen LogP contribution is -2.40. The van der Waals surface area contributed by atoms with Gasteiger partial charge in [-0.15, -0.1) is 11.3 Å². The van der Waals surface area contributed by atoms with E-state index in [0.29, 0.717) is 13.2 Å². The highest BCUT2D eigenvalue weighted by molar-refractivity contribution is 7.89.